The summed E-state index contributed by atoms with van der Waals surface area (Å²) in [5, 5.41) is 12.1. The molecule has 2 spiro atoms. The van der Waals surface area contributed by atoms with Crippen LogP contribution in [0.2, 0.25) is 0 Å². The Balaban J connectivity index is 1.41. The molecule has 6 nitrogen and oxygen atoms in total. The van der Waals surface area contributed by atoms with Gasteiger partial charge in [0.05, 0.1) is 6.61 Å². The molecule has 0 unspecified atom stereocenters. The Morgan fingerprint density at radius 3 is 2.88 bits per heavy atom. The number of aliphatic hydroxyl groups is 1. The molecule has 1 aromatic heterocycles. The van der Waals surface area contributed by atoms with Crippen molar-refractivity contribution >= 4 is 17.8 Å². The van der Waals surface area contributed by atoms with E-state index < -0.39 is 23.3 Å². The number of ether oxygens (including phenoxy) is 2. The van der Waals surface area contributed by atoms with Gasteiger partial charge in [-0.2, -0.15) is 0 Å². The predicted molar refractivity (Wildman–Crippen MR) is 125 cm³/mol. The van der Waals surface area contributed by atoms with Crippen molar-refractivity contribution in [1.29, 1.82) is 0 Å². The lowest BCUT2D eigenvalue weighted by Crippen LogP contribution is -2.78. The summed E-state index contributed by atoms with van der Waals surface area (Å²) in [5.74, 6) is -2.42. The van der Waals surface area contributed by atoms with E-state index in [0.717, 1.165) is 37.7 Å². The number of ketones is 1. The van der Waals surface area contributed by atoms with Crippen LogP contribution in [0, 0.1) is 34.0 Å². The van der Waals surface area contributed by atoms with Crippen molar-refractivity contribution in [2.75, 3.05) is 6.61 Å². The predicted octanol–water partition coefficient (Wildman–Crippen LogP) is 4.09. The second kappa shape index (κ2) is 7.11. The first-order valence-corrected chi connectivity index (χ1v) is 12.5. The van der Waals surface area contributed by atoms with Gasteiger partial charge in [-0.05, 0) is 66.2 Å². The van der Waals surface area contributed by atoms with Crippen LogP contribution in [0.15, 0.2) is 42.8 Å². The molecule has 7 rings (SSSR count). The minimum atomic E-state index is -1.65. The monoisotopic (exact) mass is 463 g/mol. The van der Waals surface area contributed by atoms with Gasteiger partial charge in [0, 0.05) is 36.2 Å². The Kier molecular flexibility index (Phi) is 4.64. The molecule has 6 fully saturated rings. The molecule has 180 valence electrons. The van der Waals surface area contributed by atoms with Gasteiger partial charge in [-0.15, -0.1) is 0 Å². The lowest BCUT2D eigenvalue weighted by atomic mass is 9.37. The van der Waals surface area contributed by atoms with Crippen LogP contribution in [0.4, 0.5) is 0 Å². The van der Waals surface area contributed by atoms with Gasteiger partial charge < -0.3 is 14.6 Å². The highest BCUT2D eigenvalue weighted by atomic mass is 16.6. The van der Waals surface area contributed by atoms with Crippen LogP contribution in [-0.2, 0) is 19.1 Å². The number of hydrogen-bond donors (Lipinski definition) is 1. The topological polar surface area (TPSA) is 85.7 Å². The summed E-state index contributed by atoms with van der Waals surface area (Å²) in [6.07, 6.45) is 10.7. The number of hydrogen-bond acceptors (Lipinski definition) is 6. The lowest BCUT2D eigenvalue weighted by Gasteiger charge is -2.72. The molecule has 4 bridgehead atoms. The summed E-state index contributed by atoms with van der Waals surface area (Å²) < 4.78 is 12.3. The largest absolute Gasteiger partial charge is 0.457 e. The zero-order valence-electron chi connectivity index (χ0n) is 20.0. The Bertz CT molecular complexity index is 1100. The van der Waals surface area contributed by atoms with E-state index in [4.69, 9.17) is 9.47 Å². The molecule has 0 aromatic carbocycles. The normalized spacial score (nSPS) is 44.1. The number of nitrogens with zero attached hydrogens (tertiary/aromatic N) is 1. The standard InChI is InChI=1S/C28H33NO5/c1-17-19-8-9-20-26-12-5-11-25(2,3)21(26)14-27(32,33-16-26)28(20,23(17)31)24(19)34-22(30)10-7-18-6-4-13-29-15-18/h4,6-7,10,13,15,19-21,24,32H,1,5,8-9,11-12,14,16H2,2-3H3/b10-7+/t19-,20-,21+,24+,26+,27+,28-/m0/s1. The maximum atomic E-state index is 14.0. The number of pyridine rings is 1. The first-order chi connectivity index (χ1) is 16.2. The second-order valence-electron chi connectivity index (χ2n) is 11.8. The Morgan fingerprint density at radius 1 is 1.29 bits per heavy atom. The van der Waals surface area contributed by atoms with Gasteiger partial charge in [0.15, 0.2) is 11.6 Å². The third-order valence-electron chi connectivity index (χ3n) is 10.1. The third-order valence-corrected chi connectivity index (χ3v) is 10.1. The summed E-state index contributed by atoms with van der Waals surface area (Å²) in [4.78, 5) is 31.0. The van der Waals surface area contributed by atoms with E-state index in [9.17, 15) is 14.7 Å². The number of rotatable bonds is 3. The molecular weight excluding hydrogens is 430 g/mol. The van der Waals surface area contributed by atoms with E-state index in [0.29, 0.717) is 18.6 Å². The summed E-state index contributed by atoms with van der Waals surface area (Å²) in [7, 11) is 0. The molecule has 7 atom stereocenters. The van der Waals surface area contributed by atoms with E-state index in [1.807, 2.05) is 6.07 Å². The maximum absolute atomic E-state index is 14.0. The van der Waals surface area contributed by atoms with Gasteiger partial charge in [-0.25, -0.2) is 4.79 Å². The van der Waals surface area contributed by atoms with Crippen LogP contribution in [0.3, 0.4) is 0 Å². The van der Waals surface area contributed by atoms with E-state index in [-0.39, 0.29) is 34.4 Å². The van der Waals surface area contributed by atoms with Crippen LogP contribution in [0.25, 0.3) is 6.08 Å². The average molecular weight is 464 g/mol. The maximum Gasteiger partial charge on any atom is 0.331 e. The van der Waals surface area contributed by atoms with Crippen molar-refractivity contribution in [3.05, 3.63) is 48.3 Å². The van der Waals surface area contributed by atoms with Crippen LogP contribution >= 0.6 is 0 Å². The fraction of sp³-hybridized carbons (Fsp3) is 0.607. The lowest BCUT2D eigenvalue weighted by molar-refractivity contribution is -0.414. The molecule has 4 aliphatic carbocycles. The summed E-state index contributed by atoms with van der Waals surface area (Å²) in [6, 6.07) is 3.65. The van der Waals surface area contributed by atoms with Crippen LogP contribution in [0.5, 0.6) is 0 Å². The SMILES string of the molecule is C=C1C(=O)[C@]23[C@H](OC(=O)/C=C/c4cccnc4)[C@H]1CC[C@H]2[C@]12CCCC(C)(C)[C@H]1C[C@@]3(O)OC2. The summed E-state index contributed by atoms with van der Waals surface area (Å²) in [6.45, 7) is 9.17. The first kappa shape index (κ1) is 22.2. The first-order valence-electron chi connectivity index (χ1n) is 12.5. The van der Waals surface area contributed by atoms with Crippen molar-refractivity contribution in [1.82, 2.24) is 4.98 Å². The summed E-state index contributed by atoms with van der Waals surface area (Å²) >= 11 is 0. The van der Waals surface area contributed by atoms with Gasteiger partial charge in [-0.1, -0.05) is 32.9 Å². The molecular formula is C28H33NO5. The van der Waals surface area contributed by atoms with Crippen LogP contribution < -0.4 is 0 Å². The van der Waals surface area contributed by atoms with E-state index in [1.165, 1.54) is 6.08 Å². The van der Waals surface area contributed by atoms with E-state index >= 15 is 0 Å². The molecule has 3 heterocycles. The molecule has 4 saturated carbocycles. The third kappa shape index (κ3) is 2.61. The summed E-state index contributed by atoms with van der Waals surface area (Å²) in [5.41, 5.74) is -0.136. The number of esters is 1. The molecule has 6 aliphatic rings. The Morgan fingerprint density at radius 2 is 2.12 bits per heavy atom. The molecule has 0 amide bonds. The fourth-order valence-corrected chi connectivity index (χ4v) is 8.76. The molecule has 2 saturated heterocycles. The van der Waals surface area contributed by atoms with Gasteiger partial charge in [0.2, 0.25) is 0 Å². The Hall–Kier alpha value is -2.31. The van der Waals surface area contributed by atoms with Crippen LogP contribution in [-0.4, -0.2) is 40.3 Å². The van der Waals surface area contributed by atoms with Crippen molar-refractivity contribution in [2.45, 2.75) is 64.3 Å². The highest BCUT2D eigenvalue weighted by molar-refractivity contribution is 6.05. The minimum Gasteiger partial charge on any atom is -0.457 e. The number of carbonyl (C=O) groups excluding carboxylic acids is 2. The highest BCUT2D eigenvalue weighted by Crippen LogP contribution is 2.76. The van der Waals surface area contributed by atoms with Gasteiger partial charge >= 0.3 is 5.97 Å². The molecule has 6 heteroatoms. The van der Waals surface area contributed by atoms with E-state index in [1.54, 1.807) is 24.5 Å². The van der Waals surface area contributed by atoms with Gasteiger partial charge in [0.25, 0.3) is 0 Å². The van der Waals surface area contributed by atoms with E-state index in [2.05, 4.69) is 25.4 Å². The number of aromatic nitrogens is 1. The second-order valence-corrected chi connectivity index (χ2v) is 11.8. The quantitative estimate of drug-likeness (QED) is 0.537. The highest BCUT2D eigenvalue weighted by Gasteiger charge is 2.83. The van der Waals surface area contributed by atoms with Crippen molar-refractivity contribution in [2.24, 2.45) is 34.0 Å². The molecule has 1 aromatic rings. The zero-order valence-corrected chi connectivity index (χ0v) is 20.0. The zero-order chi connectivity index (χ0) is 23.9. The van der Waals surface area contributed by atoms with Crippen molar-refractivity contribution in [3.8, 4) is 0 Å². The average Bonchev–Trinajstić information content (AvgIpc) is 2.93. The van der Waals surface area contributed by atoms with Gasteiger partial charge in [0.1, 0.15) is 11.5 Å². The number of fused-ring (bicyclic) bond motifs is 2. The fourth-order valence-electron chi connectivity index (χ4n) is 8.76. The van der Waals surface area contributed by atoms with Crippen molar-refractivity contribution in [3.63, 3.8) is 0 Å². The Labute approximate surface area is 200 Å². The molecule has 2 aliphatic heterocycles. The number of carbonyl (C=O) groups is 2. The van der Waals surface area contributed by atoms with Gasteiger partial charge in [-0.3, -0.25) is 9.78 Å². The van der Waals surface area contributed by atoms with Crippen molar-refractivity contribution < 1.29 is 24.2 Å². The van der Waals surface area contributed by atoms with Crippen LogP contribution in [0.1, 0.15) is 57.9 Å². The minimum absolute atomic E-state index is 0.0613. The number of Topliss-reactive ketones (excluding diaryl/α,β-unsaturated/α-hetero) is 1. The molecule has 0 radical (unpaired) electrons. The smallest absolute Gasteiger partial charge is 0.331 e. The molecule has 1 N–H and O–H groups in total. The molecule has 34 heavy (non-hydrogen) atoms.